The molecule has 0 bridgehead atoms. The standard InChI is InChI=1S/C13H25N3O/c1-4-5-12(10-14)16-8-6-15(7-9-16)11-13(2,3)17/h12,17H,4-9,11H2,1-3H3. The van der Waals surface area contributed by atoms with Crippen molar-refractivity contribution in [2.75, 3.05) is 32.7 Å². The first-order chi connectivity index (χ1) is 7.96. The normalized spacial score (nSPS) is 21.1. The molecule has 98 valence electrons. The van der Waals surface area contributed by atoms with E-state index in [1.54, 1.807) is 0 Å². The molecule has 0 aromatic rings. The lowest BCUT2D eigenvalue weighted by Crippen LogP contribution is -2.52. The van der Waals surface area contributed by atoms with Gasteiger partial charge in [-0.1, -0.05) is 13.3 Å². The van der Waals surface area contributed by atoms with Crippen LogP contribution in [0.5, 0.6) is 0 Å². The van der Waals surface area contributed by atoms with Crippen LogP contribution in [0.3, 0.4) is 0 Å². The Bertz CT molecular complexity index is 259. The van der Waals surface area contributed by atoms with Crippen molar-refractivity contribution in [1.29, 1.82) is 5.26 Å². The van der Waals surface area contributed by atoms with Crippen molar-refractivity contribution in [1.82, 2.24) is 9.80 Å². The maximum Gasteiger partial charge on any atom is 0.0978 e. The fraction of sp³-hybridized carbons (Fsp3) is 0.923. The van der Waals surface area contributed by atoms with Gasteiger partial charge in [0.2, 0.25) is 0 Å². The smallest absolute Gasteiger partial charge is 0.0978 e. The van der Waals surface area contributed by atoms with Crippen molar-refractivity contribution in [3.63, 3.8) is 0 Å². The van der Waals surface area contributed by atoms with Gasteiger partial charge in [-0.2, -0.15) is 5.26 Å². The molecule has 0 saturated carbocycles. The Balaban J connectivity index is 2.37. The Hall–Kier alpha value is -0.630. The van der Waals surface area contributed by atoms with Crippen LogP contribution in [0.15, 0.2) is 0 Å². The summed E-state index contributed by atoms with van der Waals surface area (Å²) in [5, 5.41) is 18.9. The number of rotatable bonds is 5. The van der Waals surface area contributed by atoms with Crippen LogP contribution >= 0.6 is 0 Å². The zero-order chi connectivity index (χ0) is 12.9. The lowest BCUT2D eigenvalue weighted by atomic mass is 10.1. The first kappa shape index (κ1) is 14.4. The minimum absolute atomic E-state index is 0.0734. The fourth-order valence-corrected chi connectivity index (χ4v) is 2.38. The lowest BCUT2D eigenvalue weighted by molar-refractivity contribution is 0.0140. The van der Waals surface area contributed by atoms with Gasteiger partial charge in [0, 0.05) is 32.7 Å². The maximum atomic E-state index is 9.77. The van der Waals surface area contributed by atoms with Gasteiger partial charge in [0.1, 0.15) is 0 Å². The Morgan fingerprint density at radius 1 is 1.29 bits per heavy atom. The van der Waals surface area contributed by atoms with Crippen LogP contribution in [0, 0.1) is 11.3 Å². The van der Waals surface area contributed by atoms with E-state index in [0.29, 0.717) is 6.54 Å². The summed E-state index contributed by atoms with van der Waals surface area (Å²) in [5.41, 5.74) is -0.625. The predicted octanol–water partition coefficient (Wildman–Crippen LogP) is 1.07. The molecule has 1 N–H and O–H groups in total. The van der Waals surface area contributed by atoms with E-state index in [-0.39, 0.29) is 6.04 Å². The molecule has 0 spiro atoms. The molecule has 1 saturated heterocycles. The number of hydrogen-bond donors (Lipinski definition) is 1. The van der Waals surface area contributed by atoms with E-state index in [1.807, 2.05) is 13.8 Å². The van der Waals surface area contributed by atoms with E-state index >= 15 is 0 Å². The van der Waals surface area contributed by atoms with Gasteiger partial charge in [0.15, 0.2) is 0 Å². The van der Waals surface area contributed by atoms with Gasteiger partial charge in [-0.25, -0.2) is 0 Å². The zero-order valence-corrected chi connectivity index (χ0v) is 11.3. The molecule has 17 heavy (non-hydrogen) atoms. The molecule has 0 aliphatic carbocycles. The van der Waals surface area contributed by atoms with E-state index < -0.39 is 5.60 Å². The molecular formula is C13H25N3O. The van der Waals surface area contributed by atoms with Crippen molar-refractivity contribution in [3.8, 4) is 6.07 Å². The monoisotopic (exact) mass is 239 g/mol. The number of β-amino-alcohol motifs (C(OH)–C–C–N with tert-alkyl or cyclic N) is 1. The van der Waals surface area contributed by atoms with Crippen molar-refractivity contribution < 1.29 is 5.11 Å². The molecule has 1 aliphatic heterocycles. The fourth-order valence-electron chi connectivity index (χ4n) is 2.38. The van der Waals surface area contributed by atoms with Crippen LogP contribution in [0.4, 0.5) is 0 Å². The third-order valence-electron chi connectivity index (χ3n) is 3.17. The minimum Gasteiger partial charge on any atom is -0.389 e. The molecule has 4 nitrogen and oxygen atoms in total. The summed E-state index contributed by atoms with van der Waals surface area (Å²) in [6.45, 7) is 10.3. The number of nitrogens with zero attached hydrogens (tertiary/aromatic N) is 3. The van der Waals surface area contributed by atoms with Gasteiger partial charge in [-0.05, 0) is 20.3 Å². The molecule has 1 fully saturated rings. The Morgan fingerprint density at radius 3 is 2.29 bits per heavy atom. The molecule has 1 heterocycles. The summed E-state index contributed by atoms with van der Waals surface area (Å²) in [7, 11) is 0. The van der Waals surface area contributed by atoms with Gasteiger partial charge in [-0.3, -0.25) is 9.80 Å². The quantitative estimate of drug-likeness (QED) is 0.779. The van der Waals surface area contributed by atoms with E-state index in [2.05, 4.69) is 22.8 Å². The maximum absolute atomic E-state index is 9.77. The summed E-state index contributed by atoms with van der Waals surface area (Å²) < 4.78 is 0. The first-order valence-corrected chi connectivity index (χ1v) is 6.54. The highest BCUT2D eigenvalue weighted by Gasteiger charge is 2.25. The molecule has 0 amide bonds. The molecular weight excluding hydrogens is 214 g/mol. The molecule has 1 unspecified atom stereocenters. The van der Waals surface area contributed by atoms with Gasteiger partial charge >= 0.3 is 0 Å². The van der Waals surface area contributed by atoms with E-state index in [4.69, 9.17) is 5.26 Å². The second kappa shape index (κ2) is 6.34. The van der Waals surface area contributed by atoms with Gasteiger partial charge < -0.3 is 5.11 Å². The second-order valence-electron chi connectivity index (χ2n) is 5.56. The van der Waals surface area contributed by atoms with Crippen LogP contribution in [0.2, 0.25) is 0 Å². The van der Waals surface area contributed by atoms with Gasteiger partial charge in [0.05, 0.1) is 17.7 Å². The Labute approximate surface area is 105 Å². The van der Waals surface area contributed by atoms with Crippen LogP contribution in [0.25, 0.3) is 0 Å². The molecule has 4 heteroatoms. The average molecular weight is 239 g/mol. The summed E-state index contributed by atoms with van der Waals surface area (Å²) in [6, 6.07) is 2.47. The topological polar surface area (TPSA) is 50.5 Å². The highest BCUT2D eigenvalue weighted by atomic mass is 16.3. The highest BCUT2D eigenvalue weighted by molar-refractivity contribution is 4.93. The molecule has 1 aliphatic rings. The lowest BCUT2D eigenvalue weighted by Gasteiger charge is -2.38. The molecule has 0 aromatic heterocycles. The third-order valence-corrected chi connectivity index (χ3v) is 3.17. The second-order valence-corrected chi connectivity index (χ2v) is 5.56. The summed E-state index contributed by atoms with van der Waals surface area (Å²) in [4.78, 5) is 4.54. The Morgan fingerprint density at radius 2 is 1.88 bits per heavy atom. The van der Waals surface area contributed by atoms with Gasteiger partial charge in [-0.15, -0.1) is 0 Å². The highest BCUT2D eigenvalue weighted by Crippen LogP contribution is 2.12. The van der Waals surface area contributed by atoms with Crippen LogP contribution < -0.4 is 0 Å². The zero-order valence-electron chi connectivity index (χ0n) is 11.3. The number of piperazine rings is 1. The van der Waals surface area contributed by atoms with E-state index in [9.17, 15) is 5.11 Å². The molecule has 1 rings (SSSR count). The third kappa shape index (κ3) is 5.03. The summed E-state index contributed by atoms with van der Waals surface area (Å²) in [5.74, 6) is 0. The molecule has 1 atom stereocenters. The van der Waals surface area contributed by atoms with Crippen LogP contribution in [-0.2, 0) is 0 Å². The number of hydrogen-bond acceptors (Lipinski definition) is 4. The van der Waals surface area contributed by atoms with Crippen LogP contribution in [-0.4, -0.2) is 59.3 Å². The Kier molecular flexibility index (Phi) is 5.38. The number of nitriles is 1. The van der Waals surface area contributed by atoms with Crippen molar-refractivity contribution >= 4 is 0 Å². The summed E-state index contributed by atoms with van der Waals surface area (Å²) >= 11 is 0. The largest absolute Gasteiger partial charge is 0.389 e. The van der Waals surface area contributed by atoms with Crippen molar-refractivity contribution in [2.45, 2.75) is 45.3 Å². The minimum atomic E-state index is -0.625. The average Bonchev–Trinajstić information content (AvgIpc) is 2.25. The van der Waals surface area contributed by atoms with E-state index in [1.165, 1.54) is 0 Å². The van der Waals surface area contributed by atoms with Crippen molar-refractivity contribution in [2.24, 2.45) is 0 Å². The van der Waals surface area contributed by atoms with Crippen LogP contribution in [0.1, 0.15) is 33.6 Å². The first-order valence-electron chi connectivity index (χ1n) is 6.54. The van der Waals surface area contributed by atoms with Crippen molar-refractivity contribution in [3.05, 3.63) is 0 Å². The molecule has 0 radical (unpaired) electrons. The predicted molar refractivity (Wildman–Crippen MR) is 68.6 cm³/mol. The van der Waals surface area contributed by atoms with Gasteiger partial charge in [0.25, 0.3) is 0 Å². The molecule has 0 aromatic carbocycles. The number of aliphatic hydroxyl groups is 1. The SMILES string of the molecule is CCCC(C#N)N1CCN(CC(C)(C)O)CC1. The summed E-state index contributed by atoms with van der Waals surface area (Å²) in [6.07, 6.45) is 2.02. The van der Waals surface area contributed by atoms with E-state index in [0.717, 1.165) is 39.0 Å².